The number of unbranched alkanes of at least 4 members (excludes halogenated alkanes) is 3. The molecule has 0 saturated heterocycles. The fourth-order valence-corrected chi connectivity index (χ4v) is 3.07. The van der Waals surface area contributed by atoms with Crippen molar-refractivity contribution in [2.75, 3.05) is 5.32 Å². The van der Waals surface area contributed by atoms with Gasteiger partial charge in [-0.1, -0.05) is 75.6 Å². The van der Waals surface area contributed by atoms with Gasteiger partial charge in [-0.25, -0.2) is 0 Å². The van der Waals surface area contributed by atoms with E-state index in [9.17, 15) is 0 Å². The third-order valence-electron chi connectivity index (χ3n) is 3.22. The highest BCUT2D eigenvalue weighted by Crippen LogP contribution is 2.43. The summed E-state index contributed by atoms with van der Waals surface area (Å²) in [4.78, 5) is 2.59. The van der Waals surface area contributed by atoms with E-state index in [1.165, 1.54) is 46.8 Å². The molecule has 106 valence electrons. The van der Waals surface area contributed by atoms with Crippen LogP contribution in [0, 0.1) is 0 Å². The van der Waals surface area contributed by atoms with Crippen molar-refractivity contribution in [1.82, 2.24) is 0 Å². The first kappa shape index (κ1) is 15.0. The zero-order valence-corrected chi connectivity index (χ0v) is 13.2. The van der Waals surface area contributed by atoms with Crippen LogP contribution >= 0.6 is 11.8 Å². The number of hydrogen-bond acceptors (Lipinski definition) is 2. The third kappa shape index (κ3) is 4.04. The summed E-state index contributed by atoms with van der Waals surface area (Å²) in [6.45, 7) is 4.46. The zero-order chi connectivity index (χ0) is 14.2. The summed E-state index contributed by atoms with van der Waals surface area (Å²) in [5, 5.41) is 3.42. The molecule has 0 aliphatic carbocycles. The standard InChI is InChI=1S/C12H9NS.C6H14/c1-3-7-11-9(5-1)13-10-6-2-4-8-12(10)14-11;1-3-5-6-4-2/h1-8,13H;3-6H2,1-2H3. The fraction of sp³-hybridized carbons (Fsp3) is 0.333. The molecular formula is C18H23NS. The van der Waals surface area contributed by atoms with Gasteiger partial charge in [0.25, 0.3) is 0 Å². The van der Waals surface area contributed by atoms with Crippen LogP contribution in [0.25, 0.3) is 0 Å². The minimum Gasteiger partial charge on any atom is -0.354 e. The molecule has 2 heteroatoms. The van der Waals surface area contributed by atoms with Crippen LogP contribution < -0.4 is 5.32 Å². The second kappa shape index (κ2) is 8.01. The molecule has 0 saturated carbocycles. The molecule has 0 spiro atoms. The number of benzene rings is 2. The van der Waals surface area contributed by atoms with E-state index in [1.54, 1.807) is 0 Å². The summed E-state index contributed by atoms with van der Waals surface area (Å²) in [7, 11) is 0. The number of hydrogen-bond donors (Lipinski definition) is 1. The van der Waals surface area contributed by atoms with Gasteiger partial charge in [0.2, 0.25) is 0 Å². The predicted octanol–water partition coefficient (Wildman–Crippen LogP) is 6.48. The van der Waals surface area contributed by atoms with Gasteiger partial charge in [-0.2, -0.15) is 0 Å². The maximum Gasteiger partial charge on any atom is 0.0526 e. The average molecular weight is 285 g/mol. The Labute approximate surface area is 126 Å². The molecule has 1 aliphatic rings. The monoisotopic (exact) mass is 285 g/mol. The van der Waals surface area contributed by atoms with Crippen molar-refractivity contribution in [1.29, 1.82) is 0 Å². The lowest BCUT2D eigenvalue weighted by atomic mass is 10.2. The van der Waals surface area contributed by atoms with E-state index in [-0.39, 0.29) is 0 Å². The molecule has 2 aromatic rings. The van der Waals surface area contributed by atoms with Crippen molar-refractivity contribution in [3.05, 3.63) is 48.5 Å². The molecule has 0 radical (unpaired) electrons. The second-order valence-corrected chi connectivity index (χ2v) is 6.01. The molecule has 0 fully saturated rings. The lowest BCUT2D eigenvalue weighted by Crippen LogP contribution is -1.98. The van der Waals surface area contributed by atoms with Gasteiger partial charge < -0.3 is 5.32 Å². The van der Waals surface area contributed by atoms with Crippen molar-refractivity contribution in [3.8, 4) is 0 Å². The van der Waals surface area contributed by atoms with E-state index in [0.717, 1.165) is 0 Å². The first-order valence-corrected chi connectivity index (χ1v) is 8.29. The summed E-state index contributed by atoms with van der Waals surface area (Å²) in [5.41, 5.74) is 2.41. The van der Waals surface area contributed by atoms with E-state index in [1.807, 2.05) is 11.8 Å². The first-order chi connectivity index (χ1) is 9.85. The predicted molar refractivity (Wildman–Crippen MR) is 90.1 cm³/mol. The SMILES string of the molecule is CCCCCC.c1ccc2c(c1)Nc1ccccc1S2. The van der Waals surface area contributed by atoms with Gasteiger partial charge in [0.15, 0.2) is 0 Å². The van der Waals surface area contributed by atoms with Crippen LogP contribution in [0.1, 0.15) is 39.5 Å². The Bertz CT molecular complexity index is 445. The van der Waals surface area contributed by atoms with Gasteiger partial charge in [-0.3, -0.25) is 0 Å². The first-order valence-electron chi connectivity index (χ1n) is 7.48. The average Bonchev–Trinajstić information content (AvgIpc) is 2.51. The maximum atomic E-state index is 3.42. The molecule has 3 rings (SSSR count). The van der Waals surface area contributed by atoms with E-state index in [0.29, 0.717) is 0 Å². The number of anilines is 2. The Morgan fingerprint density at radius 2 is 1.20 bits per heavy atom. The van der Waals surface area contributed by atoms with Gasteiger partial charge in [-0.05, 0) is 24.3 Å². The Balaban J connectivity index is 0.000000212. The van der Waals surface area contributed by atoms with E-state index < -0.39 is 0 Å². The van der Waals surface area contributed by atoms with Crippen LogP contribution in [0.15, 0.2) is 58.3 Å². The van der Waals surface area contributed by atoms with Crippen molar-refractivity contribution in [2.24, 2.45) is 0 Å². The van der Waals surface area contributed by atoms with Crippen molar-refractivity contribution in [2.45, 2.75) is 49.3 Å². The Hall–Kier alpha value is -1.41. The van der Waals surface area contributed by atoms with Crippen molar-refractivity contribution >= 4 is 23.1 Å². The Kier molecular flexibility index (Phi) is 6.00. The molecule has 2 aromatic carbocycles. The summed E-state index contributed by atoms with van der Waals surface area (Å²) in [5.74, 6) is 0. The molecule has 0 aromatic heterocycles. The topological polar surface area (TPSA) is 12.0 Å². The summed E-state index contributed by atoms with van der Waals surface area (Å²) < 4.78 is 0. The normalized spacial score (nSPS) is 11.5. The smallest absolute Gasteiger partial charge is 0.0526 e. The minimum atomic E-state index is 1.20. The quantitative estimate of drug-likeness (QED) is 0.552. The van der Waals surface area contributed by atoms with E-state index in [2.05, 4.69) is 67.7 Å². The highest BCUT2D eigenvalue weighted by Gasteiger charge is 2.13. The molecule has 1 nitrogen and oxygen atoms in total. The van der Waals surface area contributed by atoms with Gasteiger partial charge in [-0.15, -0.1) is 0 Å². The summed E-state index contributed by atoms with van der Waals surface area (Å²) in [6.07, 6.45) is 5.54. The van der Waals surface area contributed by atoms with Crippen LogP contribution in [-0.2, 0) is 0 Å². The largest absolute Gasteiger partial charge is 0.354 e. The molecule has 1 heterocycles. The number of fused-ring (bicyclic) bond motifs is 2. The van der Waals surface area contributed by atoms with E-state index >= 15 is 0 Å². The van der Waals surface area contributed by atoms with Crippen LogP contribution in [-0.4, -0.2) is 0 Å². The lowest BCUT2D eigenvalue weighted by molar-refractivity contribution is 0.702. The number of para-hydroxylation sites is 2. The van der Waals surface area contributed by atoms with Gasteiger partial charge >= 0.3 is 0 Å². The molecule has 20 heavy (non-hydrogen) atoms. The molecule has 0 bridgehead atoms. The lowest BCUT2D eigenvalue weighted by Gasteiger charge is -2.19. The molecule has 1 aliphatic heterocycles. The van der Waals surface area contributed by atoms with Crippen molar-refractivity contribution < 1.29 is 0 Å². The molecule has 1 N–H and O–H groups in total. The van der Waals surface area contributed by atoms with Crippen LogP contribution in [0.2, 0.25) is 0 Å². The number of nitrogens with one attached hydrogen (secondary N) is 1. The second-order valence-electron chi connectivity index (χ2n) is 4.93. The fourth-order valence-electron chi connectivity index (χ4n) is 2.08. The molecule has 0 unspecified atom stereocenters. The molecular weight excluding hydrogens is 262 g/mol. The maximum absolute atomic E-state index is 3.42. The summed E-state index contributed by atoms with van der Waals surface area (Å²) in [6, 6.07) is 16.8. The minimum absolute atomic E-state index is 1.20. The Morgan fingerprint density at radius 3 is 1.65 bits per heavy atom. The van der Waals surface area contributed by atoms with Crippen LogP contribution in [0.5, 0.6) is 0 Å². The van der Waals surface area contributed by atoms with Gasteiger partial charge in [0.1, 0.15) is 0 Å². The summed E-state index contributed by atoms with van der Waals surface area (Å²) >= 11 is 1.82. The highest BCUT2D eigenvalue weighted by atomic mass is 32.2. The zero-order valence-electron chi connectivity index (χ0n) is 12.4. The van der Waals surface area contributed by atoms with Crippen molar-refractivity contribution in [3.63, 3.8) is 0 Å². The van der Waals surface area contributed by atoms with E-state index in [4.69, 9.17) is 0 Å². The Morgan fingerprint density at radius 1 is 0.750 bits per heavy atom. The van der Waals surface area contributed by atoms with Crippen LogP contribution in [0.3, 0.4) is 0 Å². The molecule has 0 atom stereocenters. The third-order valence-corrected chi connectivity index (χ3v) is 4.37. The van der Waals surface area contributed by atoms with Gasteiger partial charge in [0.05, 0.1) is 11.4 Å². The van der Waals surface area contributed by atoms with Gasteiger partial charge in [0, 0.05) is 9.79 Å². The van der Waals surface area contributed by atoms with Crippen LogP contribution in [0.4, 0.5) is 11.4 Å². The molecule has 0 amide bonds. The number of rotatable bonds is 3. The highest BCUT2D eigenvalue weighted by molar-refractivity contribution is 7.99.